The molecular weight excluding hydrogens is 413 g/mol. The fraction of sp³-hybridized carbons (Fsp3) is 0.360. The van der Waals surface area contributed by atoms with E-state index in [9.17, 15) is 9.18 Å². The van der Waals surface area contributed by atoms with Crippen molar-refractivity contribution in [3.8, 4) is 0 Å². The molecule has 1 heterocycles. The molecule has 2 N–H and O–H groups in total. The Morgan fingerprint density at radius 1 is 1.10 bits per heavy atom. The van der Waals surface area contributed by atoms with E-state index in [1.807, 2.05) is 25.3 Å². The molecule has 1 unspecified atom stereocenters. The van der Waals surface area contributed by atoms with E-state index in [4.69, 9.17) is 11.6 Å². The lowest BCUT2D eigenvalue weighted by molar-refractivity contribution is 0.240. The molecule has 0 aliphatic heterocycles. The van der Waals surface area contributed by atoms with Crippen LogP contribution in [0.3, 0.4) is 0 Å². The summed E-state index contributed by atoms with van der Waals surface area (Å²) in [4.78, 5) is 15.3. The predicted octanol–water partition coefficient (Wildman–Crippen LogP) is 6.75. The molecule has 4 nitrogen and oxygen atoms in total. The summed E-state index contributed by atoms with van der Waals surface area (Å²) in [6.45, 7) is 1.92. The summed E-state index contributed by atoms with van der Waals surface area (Å²) in [7, 11) is 1.59. The zero-order valence-corrected chi connectivity index (χ0v) is 18.8. The second-order valence-corrected chi connectivity index (χ2v) is 8.33. The van der Waals surface area contributed by atoms with Gasteiger partial charge in [0, 0.05) is 23.7 Å². The summed E-state index contributed by atoms with van der Waals surface area (Å²) in [5.74, 6) is 0.429. The highest BCUT2D eigenvalue weighted by Gasteiger charge is 2.18. The van der Waals surface area contributed by atoms with E-state index < -0.39 is 0 Å². The summed E-state index contributed by atoms with van der Waals surface area (Å²) in [6.07, 6.45) is 8.25. The third-order valence-corrected chi connectivity index (χ3v) is 5.98. The number of nitrogens with zero attached hydrogens (tertiary/aromatic N) is 1. The highest BCUT2D eigenvalue weighted by Crippen LogP contribution is 2.35. The van der Waals surface area contributed by atoms with Gasteiger partial charge in [-0.1, -0.05) is 43.0 Å². The fourth-order valence-electron chi connectivity index (χ4n) is 4.01. The van der Waals surface area contributed by atoms with Gasteiger partial charge in [0.15, 0.2) is 0 Å². The van der Waals surface area contributed by atoms with E-state index in [0.717, 1.165) is 16.5 Å². The highest BCUT2D eigenvalue weighted by atomic mass is 35.5. The molecule has 31 heavy (non-hydrogen) atoms. The molecule has 1 aliphatic carbocycles. The molecule has 164 valence electrons. The van der Waals surface area contributed by atoms with Crippen molar-refractivity contribution in [3.05, 3.63) is 76.7 Å². The Balaban J connectivity index is 0.000000180. The average Bonchev–Trinajstić information content (AvgIpc) is 2.80. The van der Waals surface area contributed by atoms with Crippen LogP contribution in [0.15, 0.2) is 54.7 Å². The number of urea groups is 1. The molecule has 1 atom stereocenters. The van der Waals surface area contributed by atoms with Gasteiger partial charge in [-0.3, -0.25) is 4.98 Å². The lowest BCUT2D eigenvalue weighted by atomic mass is 9.83. The van der Waals surface area contributed by atoms with Crippen LogP contribution in [0, 0.1) is 5.82 Å². The number of amides is 2. The number of aromatic nitrogens is 1. The number of hydrogen-bond donors (Lipinski definition) is 2. The summed E-state index contributed by atoms with van der Waals surface area (Å²) in [5.41, 5.74) is 3.22. The number of hydrogen-bond acceptors (Lipinski definition) is 2. The van der Waals surface area contributed by atoms with E-state index >= 15 is 0 Å². The van der Waals surface area contributed by atoms with Gasteiger partial charge < -0.3 is 10.6 Å². The van der Waals surface area contributed by atoms with Crippen molar-refractivity contribution < 1.29 is 9.18 Å². The Bertz CT molecular complexity index is 1000. The third-order valence-electron chi connectivity index (χ3n) is 5.73. The number of pyridine rings is 1. The highest BCUT2D eigenvalue weighted by molar-refractivity contribution is 6.30. The normalized spacial score (nSPS) is 15.0. The molecule has 0 bridgehead atoms. The minimum Gasteiger partial charge on any atom is -0.341 e. The molecule has 1 aliphatic rings. The van der Waals surface area contributed by atoms with E-state index in [1.165, 1.54) is 43.7 Å². The Hall–Kier alpha value is -2.66. The van der Waals surface area contributed by atoms with Gasteiger partial charge in [-0.15, -0.1) is 0 Å². The zero-order chi connectivity index (χ0) is 22.2. The van der Waals surface area contributed by atoms with Crippen LogP contribution in [0.25, 0.3) is 10.9 Å². The maximum Gasteiger partial charge on any atom is 0.315 e. The van der Waals surface area contributed by atoms with Crippen molar-refractivity contribution in [2.75, 3.05) is 7.05 Å². The Labute approximate surface area is 188 Å². The van der Waals surface area contributed by atoms with Crippen molar-refractivity contribution in [3.63, 3.8) is 0 Å². The molecule has 2 aromatic carbocycles. The summed E-state index contributed by atoms with van der Waals surface area (Å²) in [6, 6.07) is 14.1. The van der Waals surface area contributed by atoms with Gasteiger partial charge >= 0.3 is 6.03 Å². The average molecular weight is 442 g/mol. The Kier molecular flexibility index (Phi) is 8.24. The third kappa shape index (κ3) is 6.41. The Morgan fingerprint density at radius 3 is 2.48 bits per heavy atom. The van der Waals surface area contributed by atoms with Crippen molar-refractivity contribution in [1.29, 1.82) is 0 Å². The van der Waals surface area contributed by atoms with Gasteiger partial charge in [0.2, 0.25) is 0 Å². The van der Waals surface area contributed by atoms with Crippen molar-refractivity contribution in [2.45, 2.75) is 51.0 Å². The van der Waals surface area contributed by atoms with Crippen LogP contribution < -0.4 is 10.6 Å². The van der Waals surface area contributed by atoms with Gasteiger partial charge in [-0.2, -0.15) is 0 Å². The summed E-state index contributed by atoms with van der Waals surface area (Å²) in [5, 5.41) is 6.97. The quantitative estimate of drug-likeness (QED) is 0.472. The topological polar surface area (TPSA) is 54.0 Å². The smallest absolute Gasteiger partial charge is 0.315 e. The van der Waals surface area contributed by atoms with Crippen LogP contribution in [-0.2, 0) is 0 Å². The van der Waals surface area contributed by atoms with Crippen molar-refractivity contribution in [1.82, 2.24) is 15.6 Å². The van der Waals surface area contributed by atoms with Crippen molar-refractivity contribution >= 4 is 28.5 Å². The molecule has 3 aromatic rings. The second-order valence-electron chi connectivity index (χ2n) is 7.89. The van der Waals surface area contributed by atoms with Crippen LogP contribution in [0.2, 0.25) is 5.02 Å². The van der Waals surface area contributed by atoms with Crippen molar-refractivity contribution in [2.24, 2.45) is 0 Å². The maximum atomic E-state index is 13.4. The zero-order valence-electron chi connectivity index (χ0n) is 18.0. The molecule has 0 spiro atoms. The van der Waals surface area contributed by atoms with Gasteiger partial charge in [0.05, 0.1) is 11.6 Å². The SMILES string of the molecule is CNC(=O)NC(C)c1ccc(Cl)cc1.Fc1ccc2nccc(C3CCCCC3)c2c1. The molecule has 4 rings (SSSR count). The fourth-order valence-corrected chi connectivity index (χ4v) is 4.14. The number of nitrogens with one attached hydrogen (secondary N) is 2. The predicted molar refractivity (Wildman–Crippen MR) is 125 cm³/mol. The van der Waals surface area contributed by atoms with Crippen LogP contribution in [0.1, 0.15) is 62.1 Å². The van der Waals surface area contributed by atoms with Gasteiger partial charge in [0.25, 0.3) is 0 Å². The van der Waals surface area contributed by atoms with Gasteiger partial charge in [0.1, 0.15) is 5.82 Å². The Morgan fingerprint density at radius 2 is 1.81 bits per heavy atom. The largest absolute Gasteiger partial charge is 0.341 e. The van der Waals surface area contributed by atoms with Gasteiger partial charge in [-0.05, 0) is 73.2 Å². The molecule has 2 amide bonds. The number of fused-ring (bicyclic) bond motifs is 1. The van der Waals surface area contributed by atoms with Crippen LogP contribution in [-0.4, -0.2) is 18.1 Å². The molecule has 0 saturated heterocycles. The molecule has 0 radical (unpaired) electrons. The summed E-state index contributed by atoms with van der Waals surface area (Å²) >= 11 is 5.75. The van der Waals surface area contributed by atoms with Gasteiger partial charge in [-0.25, -0.2) is 9.18 Å². The first-order valence-electron chi connectivity index (χ1n) is 10.8. The minimum absolute atomic E-state index is 0.0211. The first kappa shape index (κ1) is 23.0. The number of carbonyl (C=O) groups excluding carboxylic acids is 1. The van der Waals surface area contributed by atoms with Crippen LogP contribution in [0.4, 0.5) is 9.18 Å². The van der Waals surface area contributed by atoms with E-state index in [0.29, 0.717) is 10.9 Å². The van der Waals surface area contributed by atoms with Crippen LogP contribution in [0.5, 0.6) is 0 Å². The second kappa shape index (κ2) is 11.1. The molecule has 1 aromatic heterocycles. The molecule has 6 heteroatoms. The summed E-state index contributed by atoms with van der Waals surface area (Å²) < 4.78 is 13.4. The minimum atomic E-state index is -0.188. The first-order valence-corrected chi connectivity index (χ1v) is 11.1. The lowest BCUT2D eigenvalue weighted by Crippen LogP contribution is -2.34. The number of carbonyl (C=O) groups is 1. The number of benzene rings is 2. The molecular formula is C25H29ClFN3O. The molecule has 1 fully saturated rings. The monoisotopic (exact) mass is 441 g/mol. The van der Waals surface area contributed by atoms with E-state index in [2.05, 4.69) is 21.7 Å². The van der Waals surface area contributed by atoms with Crippen LogP contribution >= 0.6 is 11.6 Å². The maximum absolute atomic E-state index is 13.4. The molecule has 1 saturated carbocycles. The number of rotatable bonds is 3. The lowest BCUT2D eigenvalue weighted by Gasteiger charge is -2.23. The van der Waals surface area contributed by atoms with E-state index in [-0.39, 0.29) is 17.9 Å². The first-order chi connectivity index (χ1) is 15.0. The van der Waals surface area contributed by atoms with E-state index in [1.54, 1.807) is 31.3 Å². The standard InChI is InChI=1S/C15H16FN.C10H13ClN2O/c16-12-6-7-15-14(10-12)13(8-9-17-15)11-4-2-1-3-5-11;1-7(13-10(14)12-2)8-3-5-9(11)6-4-8/h6-11H,1-5H2;3-7H,1-2H3,(H2,12,13,14). The number of halogens is 2.